The number of aromatic hydroxyl groups is 1. The van der Waals surface area contributed by atoms with Gasteiger partial charge in [-0.1, -0.05) is 44.2 Å². The quantitative estimate of drug-likeness (QED) is 0.441. The van der Waals surface area contributed by atoms with Crippen molar-refractivity contribution in [2.75, 3.05) is 17.2 Å². The predicted molar refractivity (Wildman–Crippen MR) is 118 cm³/mol. The summed E-state index contributed by atoms with van der Waals surface area (Å²) in [5.41, 5.74) is -0.600. The maximum atomic E-state index is 15.3. The van der Waals surface area contributed by atoms with Crippen LogP contribution in [-0.4, -0.2) is 26.1 Å². The molecular formula is C22H28F3N3O3S. The van der Waals surface area contributed by atoms with E-state index in [0.717, 1.165) is 37.7 Å². The van der Waals surface area contributed by atoms with E-state index in [1.165, 1.54) is 12.1 Å². The fraction of sp³-hybridized carbons (Fsp3) is 0.455. The summed E-state index contributed by atoms with van der Waals surface area (Å²) in [6.45, 7) is 0.0512. The number of phenolic OH excluding ortho intramolecular Hbond substituents is 1. The largest absolute Gasteiger partial charge is 0.508 e. The lowest BCUT2D eigenvalue weighted by Crippen LogP contribution is -2.26. The highest BCUT2D eigenvalue weighted by Gasteiger charge is 2.32. The van der Waals surface area contributed by atoms with Crippen LogP contribution in [0.25, 0.3) is 0 Å². The number of primary sulfonamides is 1. The third-order valence-corrected chi connectivity index (χ3v) is 6.62. The monoisotopic (exact) mass is 471 g/mol. The summed E-state index contributed by atoms with van der Waals surface area (Å²) in [6.07, 6.45) is 6.50. The number of rotatable bonds is 7. The molecule has 1 fully saturated rings. The van der Waals surface area contributed by atoms with Crippen LogP contribution in [0.2, 0.25) is 0 Å². The van der Waals surface area contributed by atoms with Crippen molar-refractivity contribution in [2.24, 2.45) is 5.14 Å². The highest BCUT2D eigenvalue weighted by atomic mass is 32.2. The Morgan fingerprint density at radius 3 is 2.09 bits per heavy atom. The number of nitrogens with one attached hydrogen (secondary N) is 2. The van der Waals surface area contributed by atoms with Gasteiger partial charge in [-0.3, -0.25) is 0 Å². The van der Waals surface area contributed by atoms with Crippen molar-refractivity contribution < 1.29 is 26.7 Å². The second kappa shape index (κ2) is 10.4. The van der Waals surface area contributed by atoms with E-state index in [4.69, 9.17) is 5.14 Å². The SMILES string of the molecule is NS(=O)(=O)c1c(F)c(F)c(NCCc2ccc(O)cc2)c(F)c1NC1CCCCCCC1. The molecule has 0 atom stereocenters. The second-order valence-corrected chi connectivity index (χ2v) is 9.59. The summed E-state index contributed by atoms with van der Waals surface area (Å²) in [5, 5.41) is 19.8. The third-order valence-electron chi connectivity index (χ3n) is 5.67. The molecule has 3 rings (SSSR count). The summed E-state index contributed by atoms with van der Waals surface area (Å²) in [7, 11) is -4.73. The van der Waals surface area contributed by atoms with E-state index >= 15 is 4.39 Å². The maximum Gasteiger partial charge on any atom is 0.243 e. The molecule has 10 heteroatoms. The number of hydrogen-bond acceptors (Lipinski definition) is 5. The van der Waals surface area contributed by atoms with Gasteiger partial charge in [0.25, 0.3) is 0 Å². The molecule has 6 nitrogen and oxygen atoms in total. The smallest absolute Gasteiger partial charge is 0.243 e. The van der Waals surface area contributed by atoms with Crippen LogP contribution in [0.5, 0.6) is 5.75 Å². The molecule has 5 N–H and O–H groups in total. The van der Waals surface area contributed by atoms with Gasteiger partial charge >= 0.3 is 0 Å². The summed E-state index contributed by atoms with van der Waals surface area (Å²) in [6, 6.07) is 5.98. The molecule has 0 spiro atoms. The molecule has 0 amide bonds. The molecule has 0 heterocycles. The van der Waals surface area contributed by atoms with Gasteiger partial charge in [0.2, 0.25) is 10.0 Å². The first-order valence-corrected chi connectivity index (χ1v) is 12.2. The molecule has 1 saturated carbocycles. The molecule has 2 aromatic rings. The lowest BCUT2D eigenvalue weighted by atomic mass is 9.96. The Morgan fingerprint density at radius 1 is 0.906 bits per heavy atom. The Labute approximate surface area is 186 Å². The molecule has 0 radical (unpaired) electrons. The first-order valence-electron chi connectivity index (χ1n) is 10.7. The number of halogens is 3. The number of anilines is 2. The minimum Gasteiger partial charge on any atom is -0.508 e. The standard InChI is InChI=1S/C22H28F3N3O3S/c23-17-18(24)22(32(26,30)31)21(28-15-6-4-2-1-3-5-7-15)19(25)20(17)27-13-12-14-8-10-16(29)11-9-14/h8-11,15,27-29H,1-7,12-13H2,(H2,26,30,31). The van der Waals surface area contributed by atoms with E-state index in [1.54, 1.807) is 12.1 Å². The normalized spacial score (nSPS) is 15.8. The number of sulfonamides is 1. The van der Waals surface area contributed by atoms with Gasteiger partial charge in [-0.05, 0) is 37.0 Å². The Bertz CT molecular complexity index is 1040. The average Bonchev–Trinajstić information content (AvgIpc) is 2.70. The van der Waals surface area contributed by atoms with E-state index in [2.05, 4.69) is 10.6 Å². The van der Waals surface area contributed by atoms with Gasteiger partial charge in [0.05, 0.1) is 5.69 Å². The maximum absolute atomic E-state index is 15.3. The Morgan fingerprint density at radius 2 is 1.50 bits per heavy atom. The molecule has 0 bridgehead atoms. The topological polar surface area (TPSA) is 104 Å². The lowest BCUT2D eigenvalue weighted by Gasteiger charge is -2.25. The van der Waals surface area contributed by atoms with Gasteiger partial charge in [0.1, 0.15) is 16.3 Å². The first-order chi connectivity index (χ1) is 15.2. The van der Waals surface area contributed by atoms with Crippen molar-refractivity contribution in [3.05, 3.63) is 47.3 Å². The van der Waals surface area contributed by atoms with Crippen LogP contribution < -0.4 is 15.8 Å². The first kappa shape index (κ1) is 24.2. The number of nitrogens with two attached hydrogens (primary N) is 1. The molecule has 0 aromatic heterocycles. The average molecular weight is 472 g/mol. The van der Waals surface area contributed by atoms with Crippen molar-refractivity contribution in [1.82, 2.24) is 0 Å². The zero-order chi connectivity index (χ0) is 23.3. The zero-order valence-corrected chi connectivity index (χ0v) is 18.5. The van der Waals surface area contributed by atoms with Crippen molar-refractivity contribution >= 4 is 21.4 Å². The fourth-order valence-corrected chi connectivity index (χ4v) is 4.76. The summed E-state index contributed by atoms with van der Waals surface area (Å²) in [5.74, 6) is -4.49. The van der Waals surface area contributed by atoms with Gasteiger partial charge in [-0.25, -0.2) is 26.7 Å². The van der Waals surface area contributed by atoms with Crippen LogP contribution in [0, 0.1) is 17.5 Å². The predicted octanol–water partition coefficient (Wildman–Crippen LogP) is 4.64. The van der Waals surface area contributed by atoms with Gasteiger partial charge in [0, 0.05) is 12.6 Å². The molecule has 176 valence electrons. The summed E-state index contributed by atoms with van der Waals surface area (Å²) >= 11 is 0. The lowest BCUT2D eigenvalue weighted by molar-refractivity contribution is 0.459. The zero-order valence-electron chi connectivity index (χ0n) is 17.6. The Kier molecular flexibility index (Phi) is 7.89. The summed E-state index contributed by atoms with van der Waals surface area (Å²) in [4.78, 5) is -1.20. The van der Waals surface area contributed by atoms with Gasteiger partial charge < -0.3 is 15.7 Å². The molecule has 0 unspecified atom stereocenters. The van der Waals surface area contributed by atoms with Crippen molar-refractivity contribution in [3.63, 3.8) is 0 Å². The summed E-state index contributed by atoms with van der Waals surface area (Å²) < 4.78 is 68.8. The highest BCUT2D eigenvalue weighted by Crippen LogP contribution is 2.36. The highest BCUT2D eigenvalue weighted by molar-refractivity contribution is 7.89. The fourth-order valence-electron chi connectivity index (χ4n) is 3.99. The Hall–Kier alpha value is -2.46. The van der Waals surface area contributed by atoms with Crippen LogP contribution in [0.3, 0.4) is 0 Å². The molecule has 2 aromatic carbocycles. The number of benzene rings is 2. The van der Waals surface area contributed by atoms with Gasteiger partial charge in [-0.2, -0.15) is 0 Å². The molecule has 0 aliphatic heterocycles. The minimum absolute atomic E-state index is 0.0512. The molecule has 1 aliphatic carbocycles. The van der Waals surface area contributed by atoms with Crippen LogP contribution >= 0.6 is 0 Å². The molecule has 0 saturated heterocycles. The van der Waals surface area contributed by atoms with Gasteiger partial charge in [-0.15, -0.1) is 0 Å². The van der Waals surface area contributed by atoms with Crippen molar-refractivity contribution in [3.8, 4) is 5.75 Å². The van der Waals surface area contributed by atoms with Crippen LogP contribution in [0.1, 0.15) is 50.5 Å². The number of hydrogen-bond donors (Lipinski definition) is 4. The number of phenols is 1. The van der Waals surface area contributed by atoms with Crippen LogP contribution in [-0.2, 0) is 16.4 Å². The second-order valence-electron chi connectivity index (χ2n) is 8.10. The molecule has 32 heavy (non-hydrogen) atoms. The molecular weight excluding hydrogens is 443 g/mol. The third kappa shape index (κ3) is 5.86. The minimum atomic E-state index is -4.73. The van der Waals surface area contributed by atoms with E-state index in [0.29, 0.717) is 19.3 Å². The van der Waals surface area contributed by atoms with E-state index in [1.807, 2.05) is 0 Å². The Balaban J connectivity index is 1.90. The van der Waals surface area contributed by atoms with E-state index in [-0.39, 0.29) is 18.3 Å². The van der Waals surface area contributed by atoms with Crippen molar-refractivity contribution in [1.29, 1.82) is 0 Å². The van der Waals surface area contributed by atoms with Crippen LogP contribution in [0.15, 0.2) is 29.2 Å². The van der Waals surface area contributed by atoms with E-state index in [9.17, 15) is 22.3 Å². The molecule has 1 aliphatic rings. The van der Waals surface area contributed by atoms with Crippen LogP contribution in [0.4, 0.5) is 24.5 Å². The van der Waals surface area contributed by atoms with E-state index < -0.39 is 43.7 Å². The van der Waals surface area contributed by atoms with Crippen molar-refractivity contribution in [2.45, 2.75) is 62.3 Å². The van der Waals surface area contributed by atoms with Gasteiger partial charge in [0.15, 0.2) is 17.5 Å².